The number of benzene rings is 1. The van der Waals surface area contributed by atoms with Crippen molar-refractivity contribution in [2.45, 2.75) is 13.3 Å². The molecule has 0 atom stereocenters. The molecule has 0 saturated carbocycles. The molecular formula is C11H13N. The van der Waals surface area contributed by atoms with E-state index in [4.69, 9.17) is 0 Å². The SMILES string of the molecule is CC1=CN(C)c2ccccc2C1. The molecule has 0 amide bonds. The topological polar surface area (TPSA) is 3.24 Å². The van der Waals surface area contributed by atoms with Crippen LogP contribution in [-0.4, -0.2) is 7.05 Å². The molecule has 0 fully saturated rings. The third-order valence-electron chi connectivity index (χ3n) is 2.25. The molecule has 12 heavy (non-hydrogen) atoms. The molecule has 2 rings (SSSR count). The molecule has 62 valence electrons. The van der Waals surface area contributed by atoms with Crippen LogP contribution in [0.1, 0.15) is 12.5 Å². The highest BCUT2D eigenvalue weighted by Crippen LogP contribution is 2.26. The lowest BCUT2D eigenvalue weighted by Gasteiger charge is -2.24. The van der Waals surface area contributed by atoms with Crippen LogP contribution in [0.4, 0.5) is 5.69 Å². The normalized spacial score (nSPS) is 15.5. The van der Waals surface area contributed by atoms with Gasteiger partial charge in [0.2, 0.25) is 0 Å². The van der Waals surface area contributed by atoms with Gasteiger partial charge in [-0.05, 0) is 25.0 Å². The highest BCUT2D eigenvalue weighted by molar-refractivity contribution is 5.59. The van der Waals surface area contributed by atoms with Gasteiger partial charge in [-0.15, -0.1) is 0 Å². The molecule has 1 nitrogen and oxygen atoms in total. The third kappa shape index (κ3) is 1.11. The van der Waals surface area contributed by atoms with E-state index in [0.29, 0.717) is 0 Å². The van der Waals surface area contributed by atoms with Gasteiger partial charge in [-0.2, -0.15) is 0 Å². The van der Waals surface area contributed by atoms with E-state index in [1.165, 1.54) is 16.8 Å². The number of hydrogen-bond donors (Lipinski definition) is 0. The summed E-state index contributed by atoms with van der Waals surface area (Å²) in [7, 11) is 2.10. The van der Waals surface area contributed by atoms with Crippen LogP contribution < -0.4 is 4.90 Å². The van der Waals surface area contributed by atoms with E-state index < -0.39 is 0 Å². The Balaban J connectivity index is 2.48. The molecule has 0 unspecified atom stereocenters. The van der Waals surface area contributed by atoms with Gasteiger partial charge in [-0.1, -0.05) is 23.8 Å². The Hall–Kier alpha value is -1.24. The van der Waals surface area contributed by atoms with Crippen molar-refractivity contribution < 1.29 is 0 Å². The lowest BCUT2D eigenvalue weighted by molar-refractivity contribution is 1.02. The van der Waals surface area contributed by atoms with Gasteiger partial charge < -0.3 is 4.90 Å². The van der Waals surface area contributed by atoms with Gasteiger partial charge in [-0.3, -0.25) is 0 Å². The van der Waals surface area contributed by atoms with Gasteiger partial charge in [-0.25, -0.2) is 0 Å². The van der Waals surface area contributed by atoms with Crippen LogP contribution in [0.5, 0.6) is 0 Å². The fourth-order valence-electron chi connectivity index (χ4n) is 1.75. The summed E-state index contributed by atoms with van der Waals surface area (Å²) in [5, 5.41) is 0. The molecule has 1 heterocycles. The average Bonchev–Trinajstić information content (AvgIpc) is 2.04. The summed E-state index contributed by atoms with van der Waals surface area (Å²) in [5.41, 5.74) is 4.19. The van der Waals surface area contributed by atoms with Gasteiger partial charge in [0.1, 0.15) is 0 Å². The van der Waals surface area contributed by atoms with Crippen LogP contribution in [0.15, 0.2) is 36.0 Å². The number of hydrogen-bond acceptors (Lipinski definition) is 1. The largest absolute Gasteiger partial charge is 0.351 e. The van der Waals surface area contributed by atoms with E-state index in [-0.39, 0.29) is 0 Å². The number of anilines is 1. The van der Waals surface area contributed by atoms with Gasteiger partial charge in [0.25, 0.3) is 0 Å². The monoisotopic (exact) mass is 159 g/mol. The predicted molar refractivity (Wildman–Crippen MR) is 52.3 cm³/mol. The second-order valence-corrected chi connectivity index (χ2v) is 3.39. The molecular weight excluding hydrogens is 146 g/mol. The van der Waals surface area contributed by atoms with Crippen molar-refractivity contribution in [3.63, 3.8) is 0 Å². The average molecular weight is 159 g/mol. The first kappa shape index (κ1) is 7.41. The minimum Gasteiger partial charge on any atom is -0.351 e. The lowest BCUT2D eigenvalue weighted by atomic mass is 10.0. The smallest absolute Gasteiger partial charge is 0.0439 e. The highest BCUT2D eigenvalue weighted by Gasteiger charge is 2.10. The maximum Gasteiger partial charge on any atom is 0.0439 e. The van der Waals surface area contributed by atoms with Crippen molar-refractivity contribution in [2.75, 3.05) is 11.9 Å². The van der Waals surface area contributed by atoms with Crippen LogP contribution in [0.2, 0.25) is 0 Å². The number of allylic oxidation sites excluding steroid dienone is 1. The molecule has 1 aromatic rings. The fraction of sp³-hybridized carbons (Fsp3) is 0.273. The molecule has 1 aliphatic rings. The summed E-state index contributed by atoms with van der Waals surface area (Å²) < 4.78 is 0. The number of para-hydroxylation sites is 1. The van der Waals surface area contributed by atoms with E-state index in [9.17, 15) is 0 Å². The lowest BCUT2D eigenvalue weighted by Crippen LogP contribution is -2.15. The van der Waals surface area contributed by atoms with Crippen molar-refractivity contribution in [3.8, 4) is 0 Å². The van der Waals surface area contributed by atoms with Crippen molar-refractivity contribution in [2.24, 2.45) is 0 Å². The van der Waals surface area contributed by atoms with Gasteiger partial charge >= 0.3 is 0 Å². The zero-order valence-corrected chi connectivity index (χ0v) is 7.54. The van der Waals surface area contributed by atoms with Crippen LogP contribution in [0.25, 0.3) is 0 Å². The zero-order valence-electron chi connectivity index (χ0n) is 7.54. The number of nitrogens with zero attached hydrogens (tertiary/aromatic N) is 1. The Morgan fingerprint density at radius 3 is 2.83 bits per heavy atom. The second kappa shape index (κ2) is 2.67. The molecule has 1 heteroatoms. The van der Waals surface area contributed by atoms with E-state index in [0.717, 1.165) is 6.42 Å². The molecule has 0 radical (unpaired) electrons. The molecule has 0 aliphatic carbocycles. The van der Waals surface area contributed by atoms with Crippen LogP contribution >= 0.6 is 0 Å². The molecule has 1 aliphatic heterocycles. The fourth-order valence-corrected chi connectivity index (χ4v) is 1.75. The van der Waals surface area contributed by atoms with Crippen molar-refractivity contribution >= 4 is 5.69 Å². The first-order valence-electron chi connectivity index (χ1n) is 4.25. The molecule has 0 saturated heterocycles. The van der Waals surface area contributed by atoms with Crippen molar-refractivity contribution in [1.29, 1.82) is 0 Å². The molecule has 0 N–H and O–H groups in total. The van der Waals surface area contributed by atoms with E-state index in [1.54, 1.807) is 0 Å². The second-order valence-electron chi connectivity index (χ2n) is 3.39. The molecule has 1 aromatic carbocycles. The zero-order chi connectivity index (χ0) is 8.55. The molecule has 0 spiro atoms. The highest BCUT2D eigenvalue weighted by atomic mass is 15.1. The minimum absolute atomic E-state index is 1.10. The summed E-state index contributed by atoms with van der Waals surface area (Å²) in [4.78, 5) is 2.19. The van der Waals surface area contributed by atoms with Gasteiger partial charge in [0, 0.05) is 18.9 Å². The quantitative estimate of drug-likeness (QED) is 0.562. The Kier molecular flexibility index (Phi) is 1.65. The van der Waals surface area contributed by atoms with Crippen LogP contribution in [0, 0.1) is 0 Å². The molecule has 0 bridgehead atoms. The minimum atomic E-state index is 1.10. The maximum atomic E-state index is 2.20. The predicted octanol–water partition coefficient (Wildman–Crippen LogP) is 2.58. The third-order valence-corrected chi connectivity index (χ3v) is 2.25. The summed E-state index contributed by atoms with van der Waals surface area (Å²) in [6, 6.07) is 8.55. The summed E-state index contributed by atoms with van der Waals surface area (Å²) in [6.07, 6.45) is 3.29. The van der Waals surface area contributed by atoms with Gasteiger partial charge in [0.05, 0.1) is 0 Å². The Labute approximate surface area is 73.3 Å². The van der Waals surface area contributed by atoms with Crippen LogP contribution in [0.3, 0.4) is 0 Å². The Bertz CT molecular complexity index is 326. The Morgan fingerprint density at radius 2 is 2.00 bits per heavy atom. The van der Waals surface area contributed by atoms with Gasteiger partial charge in [0.15, 0.2) is 0 Å². The van der Waals surface area contributed by atoms with E-state index in [2.05, 4.69) is 49.3 Å². The summed E-state index contributed by atoms with van der Waals surface area (Å²) in [5.74, 6) is 0. The summed E-state index contributed by atoms with van der Waals surface area (Å²) >= 11 is 0. The Morgan fingerprint density at radius 1 is 1.25 bits per heavy atom. The van der Waals surface area contributed by atoms with Crippen molar-refractivity contribution in [3.05, 3.63) is 41.6 Å². The van der Waals surface area contributed by atoms with Crippen LogP contribution in [-0.2, 0) is 6.42 Å². The number of fused-ring (bicyclic) bond motifs is 1. The standard InChI is InChI=1S/C11H13N/c1-9-7-10-5-3-4-6-11(10)12(2)8-9/h3-6,8H,7H2,1-2H3. The van der Waals surface area contributed by atoms with Crippen molar-refractivity contribution in [1.82, 2.24) is 0 Å². The first-order valence-corrected chi connectivity index (χ1v) is 4.25. The first-order chi connectivity index (χ1) is 5.77. The molecule has 0 aromatic heterocycles. The van der Waals surface area contributed by atoms with E-state index in [1.807, 2.05) is 0 Å². The maximum absolute atomic E-state index is 2.20. The van der Waals surface area contributed by atoms with E-state index >= 15 is 0 Å². The summed E-state index contributed by atoms with van der Waals surface area (Å²) in [6.45, 7) is 2.17. The number of rotatable bonds is 0.